The van der Waals surface area contributed by atoms with E-state index in [2.05, 4.69) is 15.7 Å². The van der Waals surface area contributed by atoms with Gasteiger partial charge in [-0.3, -0.25) is 4.55 Å². The van der Waals surface area contributed by atoms with Crippen molar-refractivity contribution < 1.29 is 21.9 Å². The lowest BCUT2D eigenvalue weighted by Gasteiger charge is -1.92. The fourth-order valence-electron chi connectivity index (χ4n) is 0.189. The lowest BCUT2D eigenvalue weighted by Crippen LogP contribution is -2.18. The minimum Gasteiger partial charge on any atom is -0.352 e. The van der Waals surface area contributed by atoms with E-state index in [1.165, 1.54) is 0 Å². The van der Waals surface area contributed by atoms with Gasteiger partial charge in [-0.05, 0) is 6.42 Å². The Morgan fingerprint density at radius 1 is 1.50 bits per heavy atom. The normalized spacial score (nSPS) is 9.83. The molecule has 0 atom stereocenters. The first-order valence-electron chi connectivity index (χ1n) is 2.96. The molecule has 0 heterocycles. The second kappa shape index (κ2) is 6.83. The van der Waals surface area contributed by atoms with Crippen LogP contribution in [-0.4, -0.2) is 25.6 Å². The van der Waals surface area contributed by atoms with Crippen molar-refractivity contribution in [2.24, 2.45) is 11.5 Å². The first-order valence-corrected chi connectivity index (χ1v) is 4.32. The third-order valence-electron chi connectivity index (χ3n) is 0.436. The minimum atomic E-state index is -4.19. The Hall–Kier alpha value is -0.860. The summed E-state index contributed by atoms with van der Waals surface area (Å²) in [5.41, 5.74) is 8.50. The molecule has 2 amide bonds. The molecule has 0 spiro atoms. The van der Waals surface area contributed by atoms with Gasteiger partial charge >= 0.3 is 16.4 Å². The van der Waals surface area contributed by atoms with Gasteiger partial charge in [-0.2, -0.15) is 8.42 Å². The predicted octanol–water partition coefficient (Wildman–Crippen LogP) is -0.760. The SMILES string of the molecule is CCCOS(=O)(=O)O.NC(N)=O. The molecule has 0 aromatic heterocycles. The molecule has 0 rings (SSSR count). The van der Waals surface area contributed by atoms with E-state index in [9.17, 15) is 8.42 Å². The number of amides is 2. The monoisotopic (exact) mass is 200 g/mol. The third-order valence-corrected chi connectivity index (χ3v) is 0.901. The lowest BCUT2D eigenvalue weighted by molar-refractivity contribution is 0.256. The first kappa shape index (κ1) is 13.7. The van der Waals surface area contributed by atoms with Crippen molar-refractivity contribution in [1.29, 1.82) is 0 Å². The van der Waals surface area contributed by atoms with Crippen molar-refractivity contribution in [1.82, 2.24) is 0 Å². The van der Waals surface area contributed by atoms with Crippen LogP contribution in [0.3, 0.4) is 0 Å². The Morgan fingerprint density at radius 2 is 1.83 bits per heavy atom. The number of urea groups is 1. The van der Waals surface area contributed by atoms with Crippen molar-refractivity contribution in [2.45, 2.75) is 13.3 Å². The highest BCUT2D eigenvalue weighted by atomic mass is 32.3. The quantitative estimate of drug-likeness (QED) is 0.515. The molecule has 0 bridgehead atoms. The van der Waals surface area contributed by atoms with E-state index in [-0.39, 0.29) is 6.61 Å². The zero-order valence-electron chi connectivity index (χ0n) is 6.56. The molecular weight excluding hydrogens is 188 g/mol. The van der Waals surface area contributed by atoms with E-state index in [0.717, 1.165) is 0 Å². The van der Waals surface area contributed by atoms with Gasteiger partial charge in [-0.1, -0.05) is 6.92 Å². The van der Waals surface area contributed by atoms with E-state index in [0.29, 0.717) is 6.42 Å². The van der Waals surface area contributed by atoms with Gasteiger partial charge in [0.05, 0.1) is 6.61 Å². The molecule has 0 aromatic rings. The molecule has 0 fully saturated rings. The number of hydrogen-bond acceptors (Lipinski definition) is 4. The van der Waals surface area contributed by atoms with Gasteiger partial charge in [0.2, 0.25) is 0 Å². The van der Waals surface area contributed by atoms with Crippen molar-refractivity contribution in [2.75, 3.05) is 6.61 Å². The van der Waals surface area contributed by atoms with E-state index in [4.69, 9.17) is 9.35 Å². The Balaban J connectivity index is 0. The zero-order chi connectivity index (χ0) is 10.2. The molecule has 0 radical (unpaired) electrons. The average Bonchev–Trinajstić information content (AvgIpc) is 1.80. The minimum absolute atomic E-state index is 0.0405. The number of carbonyl (C=O) groups excluding carboxylic acids is 1. The van der Waals surface area contributed by atoms with Crippen molar-refractivity contribution in [3.63, 3.8) is 0 Å². The summed E-state index contributed by atoms with van der Waals surface area (Å²) in [5, 5.41) is 0. The second-order valence-corrected chi connectivity index (χ2v) is 2.74. The summed E-state index contributed by atoms with van der Waals surface area (Å²) in [6, 6.07) is -0.833. The van der Waals surface area contributed by atoms with E-state index in [1.807, 2.05) is 0 Å². The standard InChI is InChI=1S/C3H8O4S.CH4N2O/c1-2-3-7-8(4,5)6;2-1(3)4/h2-3H2,1H3,(H,4,5,6);(H4,2,3,4). The maximum absolute atomic E-state index is 9.72. The van der Waals surface area contributed by atoms with Gasteiger partial charge < -0.3 is 11.5 Å². The fourth-order valence-corrected chi connectivity index (χ4v) is 0.566. The third kappa shape index (κ3) is 35.3. The highest BCUT2D eigenvalue weighted by Gasteiger charge is 1.99. The van der Waals surface area contributed by atoms with Crippen LogP contribution >= 0.6 is 0 Å². The van der Waals surface area contributed by atoms with E-state index < -0.39 is 16.4 Å². The molecule has 74 valence electrons. The van der Waals surface area contributed by atoms with Crippen molar-refractivity contribution in [3.8, 4) is 0 Å². The molecule has 0 aliphatic carbocycles. The van der Waals surface area contributed by atoms with Crippen LogP contribution in [0.2, 0.25) is 0 Å². The maximum Gasteiger partial charge on any atom is 0.397 e. The summed E-state index contributed by atoms with van der Waals surface area (Å²) in [7, 11) is -4.19. The number of nitrogens with two attached hydrogens (primary N) is 2. The van der Waals surface area contributed by atoms with Crippen LogP contribution in [0.1, 0.15) is 13.3 Å². The molecule has 0 aromatic carbocycles. The Morgan fingerprint density at radius 3 is 1.92 bits per heavy atom. The molecule has 7 nitrogen and oxygen atoms in total. The van der Waals surface area contributed by atoms with Gasteiger partial charge in [-0.25, -0.2) is 8.98 Å². The maximum atomic E-state index is 9.72. The average molecular weight is 200 g/mol. The van der Waals surface area contributed by atoms with E-state index >= 15 is 0 Å². The van der Waals surface area contributed by atoms with Gasteiger partial charge in [0.1, 0.15) is 0 Å². The summed E-state index contributed by atoms with van der Waals surface area (Å²) in [5.74, 6) is 0. The molecule has 0 saturated carbocycles. The van der Waals surface area contributed by atoms with Gasteiger partial charge in [0.15, 0.2) is 0 Å². The largest absolute Gasteiger partial charge is 0.397 e. The smallest absolute Gasteiger partial charge is 0.352 e. The van der Waals surface area contributed by atoms with Crippen LogP contribution in [0, 0.1) is 0 Å². The van der Waals surface area contributed by atoms with Crippen molar-refractivity contribution >= 4 is 16.4 Å². The molecule has 8 heteroatoms. The highest BCUT2D eigenvalue weighted by Crippen LogP contribution is 1.86. The molecule has 5 N–H and O–H groups in total. The topological polar surface area (TPSA) is 133 Å². The van der Waals surface area contributed by atoms with Crippen LogP contribution in [0.5, 0.6) is 0 Å². The number of carbonyl (C=O) groups is 1. The first-order chi connectivity index (χ1) is 5.29. The number of rotatable bonds is 3. The molecule has 12 heavy (non-hydrogen) atoms. The van der Waals surface area contributed by atoms with Crippen LogP contribution < -0.4 is 11.5 Å². The number of hydrogen-bond donors (Lipinski definition) is 3. The lowest BCUT2D eigenvalue weighted by atomic mass is 10.5. The summed E-state index contributed by atoms with van der Waals surface area (Å²) >= 11 is 0. The fraction of sp³-hybridized carbons (Fsp3) is 0.750. The summed E-state index contributed by atoms with van der Waals surface area (Å²) < 4.78 is 31.3. The highest BCUT2D eigenvalue weighted by molar-refractivity contribution is 7.80. The second-order valence-electron chi connectivity index (χ2n) is 1.65. The number of primary amides is 2. The van der Waals surface area contributed by atoms with Crippen molar-refractivity contribution in [3.05, 3.63) is 0 Å². The Labute approximate surface area is 70.6 Å². The van der Waals surface area contributed by atoms with Crippen LogP contribution in [0.15, 0.2) is 0 Å². The molecule has 0 aliphatic rings. The van der Waals surface area contributed by atoms with Gasteiger partial charge in [-0.15, -0.1) is 0 Å². The van der Waals surface area contributed by atoms with Gasteiger partial charge in [0.25, 0.3) is 0 Å². The zero-order valence-corrected chi connectivity index (χ0v) is 7.37. The molecule has 0 unspecified atom stereocenters. The summed E-state index contributed by atoms with van der Waals surface area (Å²) in [6.45, 7) is 1.78. The van der Waals surface area contributed by atoms with Crippen LogP contribution in [0.4, 0.5) is 4.79 Å². The van der Waals surface area contributed by atoms with Crippen LogP contribution in [-0.2, 0) is 14.6 Å². The van der Waals surface area contributed by atoms with E-state index in [1.54, 1.807) is 6.92 Å². The summed E-state index contributed by atoms with van der Waals surface area (Å²) in [4.78, 5) is 9.00. The van der Waals surface area contributed by atoms with Gasteiger partial charge in [0, 0.05) is 0 Å². The predicted molar refractivity (Wildman–Crippen MR) is 41.6 cm³/mol. The Kier molecular flexibility index (Phi) is 7.80. The van der Waals surface area contributed by atoms with Crippen LogP contribution in [0.25, 0.3) is 0 Å². The molecule has 0 aliphatic heterocycles. The Bertz CT molecular complexity index is 207. The summed E-state index contributed by atoms with van der Waals surface area (Å²) in [6.07, 6.45) is 0.569. The molecule has 0 saturated heterocycles. The molecular formula is C4H12N2O5S.